The SMILES string of the molecule is CC.CCCc1c(F)cc(N=CN=C(N)NN(O)C(C)C)cc1F.Cc1ccc(O)cc1. The van der Waals surface area contributed by atoms with Gasteiger partial charge in [-0.15, -0.1) is 0 Å². The van der Waals surface area contributed by atoms with Crippen molar-refractivity contribution in [1.29, 1.82) is 0 Å². The van der Waals surface area contributed by atoms with Crippen LogP contribution in [-0.4, -0.2) is 33.8 Å². The Kier molecular flexibility index (Phi) is 14.2. The summed E-state index contributed by atoms with van der Waals surface area (Å²) < 4.78 is 27.4. The number of hydrogen-bond acceptors (Lipinski definition) is 4. The Balaban J connectivity index is 0.000000796. The van der Waals surface area contributed by atoms with E-state index >= 15 is 0 Å². The molecule has 0 aliphatic rings. The van der Waals surface area contributed by atoms with Gasteiger partial charge in [-0.25, -0.2) is 18.8 Å². The van der Waals surface area contributed by atoms with Gasteiger partial charge in [0, 0.05) is 17.7 Å². The lowest BCUT2D eigenvalue weighted by Crippen LogP contribution is -2.47. The van der Waals surface area contributed by atoms with Crippen LogP contribution in [0.25, 0.3) is 0 Å². The van der Waals surface area contributed by atoms with E-state index in [1.807, 2.05) is 39.8 Å². The van der Waals surface area contributed by atoms with Gasteiger partial charge in [-0.05, 0) is 39.3 Å². The first-order chi connectivity index (χ1) is 15.1. The van der Waals surface area contributed by atoms with Crippen molar-refractivity contribution < 1.29 is 19.1 Å². The molecule has 2 aromatic carbocycles. The Labute approximate surface area is 189 Å². The van der Waals surface area contributed by atoms with E-state index in [1.54, 1.807) is 26.0 Å². The Bertz CT molecular complexity index is 812. The molecule has 0 aromatic heterocycles. The summed E-state index contributed by atoms with van der Waals surface area (Å²) in [4.78, 5) is 7.51. The molecule has 0 saturated heterocycles. The molecule has 32 heavy (non-hydrogen) atoms. The number of rotatable bonds is 6. The number of aliphatic imine (C=N–C) groups is 2. The fraction of sp³-hybridized carbons (Fsp3) is 0.391. The van der Waals surface area contributed by atoms with Gasteiger partial charge >= 0.3 is 0 Å². The molecular weight excluding hydrogens is 416 g/mol. The standard InChI is InChI=1S/C14H21F2N5O.C7H8O.C2H6/c1-4-5-11-12(15)6-10(7-13(11)16)18-8-19-14(17)20-21(22)9(2)3;1-6-2-4-7(8)5-3-6;1-2/h6-9,22H,4-5H2,1-3H3,(H3,17,18,19,20);2-5,8H,1H3;1-2H3. The zero-order chi connectivity index (χ0) is 24.7. The highest BCUT2D eigenvalue weighted by atomic mass is 19.1. The highest BCUT2D eigenvalue weighted by Crippen LogP contribution is 2.22. The van der Waals surface area contributed by atoms with Crippen LogP contribution in [0.5, 0.6) is 5.75 Å². The van der Waals surface area contributed by atoms with Gasteiger partial charge in [-0.2, -0.15) is 0 Å². The third-order valence-corrected chi connectivity index (χ3v) is 3.78. The number of nitrogens with one attached hydrogen (secondary N) is 1. The second-order valence-electron chi connectivity index (χ2n) is 6.78. The van der Waals surface area contributed by atoms with Gasteiger partial charge in [0.25, 0.3) is 0 Å². The summed E-state index contributed by atoms with van der Waals surface area (Å²) in [6.07, 6.45) is 2.03. The molecule has 0 aliphatic carbocycles. The molecule has 9 heteroatoms. The minimum atomic E-state index is -0.634. The number of phenolic OH excluding ortho intramolecular Hbond substituents is 1. The molecule has 0 fully saturated rings. The molecule has 0 radical (unpaired) electrons. The average molecular weight is 452 g/mol. The number of aryl methyl sites for hydroxylation is 1. The third kappa shape index (κ3) is 11.4. The maximum atomic E-state index is 13.7. The summed E-state index contributed by atoms with van der Waals surface area (Å²) in [5.74, 6) is -1.05. The number of halogens is 2. The fourth-order valence-electron chi connectivity index (χ4n) is 2.13. The predicted octanol–water partition coefficient (Wildman–Crippen LogP) is 5.22. The fourth-order valence-corrected chi connectivity index (χ4v) is 2.13. The normalized spacial score (nSPS) is 11.2. The first-order valence-corrected chi connectivity index (χ1v) is 10.5. The van der Waals surface area contributed by atoms with Crippen LogP contribution in [0.4, 0.5) is 14.5 Å². The smallest absolute Gasteiger partial charge is 0.211 e. The lowest BCUT2D eigenvalue weighted by Gasteiger charge is -2.19. The molecule has 7 nitrogen and oxygen atoms in total. The van der Waals surface area contributed by atoms with Gasteiger partial charge in [0.15, 0.2) is 0 Å². The van der Waals surface area contributed by atoms with Crippen LogP contribution >= 0.6 is 0 Å². The van der Waals surface area contributed by atoms with Crippen LogP contribution in [0.3, 0.4) is 0 Å². The van der Waals surface area contributed by atoms with Gasteiger partial charge < -0.3 is 10.8 Å². The Morgan fingerprint density at radius 3 is 2.12 bits per heavy atom. The monoisotopic (exact) mass is 451 g/mol. The molecule has 0 aliphatic heterocycles. The summed E-state index contributed by atoms with van der Waals surface area (Å²) in [5, 5.41) is 18.9. The zero-order valence-electron chi connectivity index (χ0n) is 19.6. The van der Waals surface area contributed by atoms with Crippen LogP contribution in [-0.2, 0) is 6.42 Å². The summed E-state index contributed by atoms with van der Waals surface area (Å²) in [7, 11) is 0. The maximum Gasteiger partial charge on any atom is 0.211 e. The maximum absolute atomic E-state index is 13.7. The molecule has 0 atom stereocenters. The quantitative estimate of drug-likeness (QED) is 0.274. The molecule has 0 amide bonds. The molecule has 0 saturated carbocycles. The van der Waals surface area contributed by atoms with Crippen molar-refractivity contribution in [2.24, 2.45) is 15.7 Å². The van der Waals surface area contributed by atoms with Gasteiger partial charge in [0.05, 0.1) is 11.7 Å². The molecule has 2 rings (SSSR count). The molecule has 178 valence electrons. The van der Waals surface area contributed by atoms with Crippen molar-refractivity contribution in [3.8, 4) is 5.75 Å². The summed E-state index contributed by atoms with van der Waals surface area (Å²) >= 11 is 0. The average Bonchev–Trinajstić information content (AvgIpc) is 2.74. The van der Waals surface area contributed by atoms with Crippen LogP contribution in [0.1, 0.15) is 52.2 Å². The third-order valence-electron chi connectivity index (χ3n) is 3.78. The molecule has 0 unspecified atom stereocenters. The Hall–Kier alpha value is -3.04. The van der Waals surface area contributed by atoms with Crippen LogP contribution in [0.15, 0.2) is 46.4 Å². The minimum Gasteiger partial charge on any atom is -0.508 e. The van der Waals surface area contributed by atoms with E-state index in [1.165, 1.54) is 5.56 Å². The number of hydroxylamine groups is 1. The second kappa shape index (κ2) is 15.7. The largest absolute Gasteiger partial charge is 0.508 e. The molecular formula is C23H35F2N5O2. The zero-order valence-corrected chi connectivity index (χ0v) is 19.6. The van der Waals surface area contributed by atoms with Crippen LogP contribution < -0.4 is 11.2 Å². The van der Waals surface area contributed by atoms with Crippen molar-refractivity contribution in [2.45, 2.75) is 60.4 Å². The highest BCUT2D eigenvalue weighted by Gasteiger charge is 2.09. The topological polar surface area (TPSA) is 106 Å². The van der Waals surface area contributed by atoms with Crippen LogP contribution in [0, 0.1) is 18.6 Å². The molecule has 0 bridgehead atoms. The van der Waals surface area contributed by atoms with E-state index in [9.17, 15) is 14.0 Å². The molecule has 5 N–H and O–H groups in total. The second-order valence-corrected chi connectivity index (χ2v) is 6.78. The van der Waals surface area contributed by atoms with Gasteiger partial charge in [0.1, 0.15) is 23.7 Å². The van der Waals surface area contributed by atoms with E-state index in [4.69, 9.17) is 10.8 Å². The van der Waals surface area contributed by atoms with Gasteiger partial charge in [-0.1, -0.05) is 50.1 Å². The van der Waals surface area contributed by atoms with E-state index in [0.717, 1.165) is 23.6 Å². The first kappa shape index (κ1) is 29.0. The summed E-state index contributed by atoms with van der Waals surface area (Å²) in [5.41, 5.74) is 9.21. The van der Waals surface area contributed by atoms with E-state index in [0.29, 0.717) is 18.6 Å². The number of benzene rings is 2. The number of hydrogen-bond donors (Lipinski definition) is 4. The van der Waals surface area contributed by atoms with Crippen molar-refractivity contribution in [1.82, 2.24) is 10.6 Å². The Morgan fingerprint density at radius 1 is 1.16 bits per heavy atom. The van der Waals surface area contributed by atoms with E-state index in [2.05, 4.69) is 15.4 Å². The Morgan fingerprint density at radius 2 is 1.69 bits per heavy atom. The van der Waals surface area contributed by atoms with E-state index < -0.39 is 11.6 Å². The number of aromatic hydroxyl groups is 1. The molecule has 0 heterocycles. The van der Waals surface area contributed by atoms with Crippen molar-refractivity contribution in [2.75, 3.05) is 0 Å². The lowest BCUT2D eigenvalue weighted by molar-refractivity contribution is -0.143. The number of guanidine groups is 1. The predicted molar refractivity (Wildman–Crippen MR) is 126 cm³/mol. The summed E-state index contributed by atoms with van der Waals surface area (Å²) in [6, 6.07) is 9.15. The van der Waals surface area contributed by atoms with Gasteiger partial charge in [-0.3, -0.25) is 10.6 Å². The number of hydrazine groups is 1. The highest BCUT2D eigenvalue weighted by molar-refractivity contribution is 5.85. The first-order valence-electron chi connectivity index (χ1n) is 10.5. The number of nitrogens with zero attached hydrogens (tertiary/aromatic N) is 3. The van der Waals surface area contributed by atoms with E-state index in [-0.39, 0.29) is 23.3 Å². The molecule has 2 aromatic rings. The van der Waals surface area contributed by atoms with Crippen molar-refractivity contribution in [3.63, 3.8) is 0 Å². The van der Waals surface area contributed by atoms with Crippen LogP contribution in [0.2, 0.25) is 0 Å². The number of nitrogens with two attached hydrogens (primary N) is 1. The van der Waals surface area contributed by atoms with Crippen molar-refractivity contribution in [3.05, 3.63) is 59.2 Å². The molecule has 0 spiro atoms. The minimum absolute atomic E-state index is 0.0546. The summed E-state index contributed by atoms with van der Waals surface area (Å²) in [6.45, 7) is 11.3. The number of phenols is 1. The lowest BCUT2D eigenvalue weighted by atomic mass is 10.1. The van der Waals surface area contributed by atoms with Crippen molar-refractivity contribution >= 4 is 18.0 Å². The van der Waals surface area contributed by atoms with Gasteiger partial charge in [0.2, 0.25) is 5.96 Å².